The van der Waals surface area contributed by atoms with Crippen LogP contribution in [0.25, 0.3) is 0 Å². The average Bonchev–Trinajstić information content (AvgIpc) is 2.45. The Morgan fingerprint density at radius 2 is 2.05 bits per heavy atom. The van der Waals surface area contributed by atoms with Crippen LogP contribution in [-0.4, -0.2) is 36.5 Å². The maximum atomic E-state index is 12.7. The van der Waals surface area contributed by atoms with E-state index in [1.165, 1.54) is 0 Å². The van der Waals surface area contributed by atoms with Crippen LogP contribution < -0.4 is 11.1 Å². The van der Waals surface area contributed by atoms with Crippen LogP contribution in [-0.2, 0) is 0 Å². The number of para-hydroxylation sites is 1. The van der Waals surface area contributed by atoms with E-state index in [0.717, 1.165) is 38.9 Å². The van der Waals surface area contributed by atoms with E-state index in [1.807, 2.05) is 23.1 Å². The Kier molecular flexibility index (Phi) is 4.80. The van der Waals surface area contributed by atoms with Gasteiger partial charge >= 0.3 is 0 Å². The number of carbonyl (C=O) groups excluding carboxylic acids is 1. The summed E-state index contributed by atoms with van der Waals surface area (Å²) in [5, 5.41) is 3.34. The minimum absolute atomic E-state index is 0.0758. The maximum Gasteiger partial charge on any atom is 0.256 e. The van der Waals surface area contributed by atoms with Gasteiger partial charge in [-0.05, 0) is 44.5 Å². The zero-order valence-corrected chi connectivity index (χ0v) is 11.6. The van der Waals surface area contributed by atoms with E-state index < -0.39 is 0 Å². The van der Waals surface area contributed by atoms with E-state index >= 15 is 0 Å². The van der Waals surface area contributed by atoms with Crippen molar-refractivity contribution < 1.29 is 4.79 Å². The molecule has 1 heterocycles. The van der Waals surface area contributed by atoms with Gasteiger partial charge in [0.05, 0.1) is 5.56 Å². The van der Waals surface area contributed by atoms with Crippen LogP contribution in [0.5, 0.6) is 0 Å². The lowest BCUT2D eigenvalue weighted by Crippen LogP contribution is -2.46. The quantitative estimate of drug-likeness (QED) is 0.814. The molecule has 0 aromatic heterocycles. The van der Waals surface area contributed by atoms with Crippen LogP contribution >= 0.6 is 0 Å². The van der Waals surface area contributed by atoms with Crippen LogP contribution in [0, 0.1) is 0 Å². The molecule has 0 bridgehead atoms. The highest BCUT2D eigenvalue weighted by Gasteiger charge is 2.26. The molecule has 2 rings (SSSR count). The Morgan fingerprint density at radius 1 is 1.37 bits per heavy atom. The van der Waals surface area contributed by atoms with Crippen molar-refractivity contribution in [3.8, 4) is 0 Å². The van der Waals surface area contributed by atoms with Crippen LogP contribution in [0.3, 0.4) is 0 Å². The van der Waals surface area contributed by atoms with E-state index in [1.54, 1.807) is 6.07 Å². The highest BCUT2D eigenvalue weighted by atomic mass is 16.2. The van der Waals surface area contributed by atoms with Gasteiger partial charge in [0.15, 0.2) is 0 Å². The lowest BCUT2D eigenvalue weighted by atomic mass is 10.0. The van der Waals surface area contributed by atoms with E-state index in [9.17, 15) is 4.79 Å². The molecule has 0 saturated carbocycles. The number of nitrogen functional groups attached to an aromatic ring is 1. The summed E-state index contributed by atoms with van der Waals surface area (Å²) in [5.74, 6) is 0.0758. The van der Waals surface area contributed by atoms with Gasteiger partial charge in [-0.1, -0.05) is 19.1 Å². The van der Waals surface area contributed by atoms with Crippen LogP contribution in [0.15, 0.2) is 24.3 Å². The first-order valence-corrected chi connectivity index (χ1v) is 7.10. The summed E-state index contributed by atoms with van der Waals surface area (Å²) in [4.78, 5) is 14.7. The van der Waals surface area contributed by atoms with Crippen LogP contribution in [0.2, 0.25) is 0 Å². The van der Waals surface area contributed by atoms with Gasteiger partial charge in [-0.25, -0.2) is 0 Å². The van der Waals surface area contributed by atoms with Gasteiger partial charge in [-0.3, -0.25) is 4.79 Å². The van der Waals surface area contributed by atoms with Crippen molar-refractivity contribution in [1.82, 2.24) is 10.2 Å². The molecule has 1 fully saturated rings. The number of hydrogen-bond donors (Lipinski definition) is 2. The summed E-state index contributed by atoms with van der Waals surface area (Å²) in [5.41, 5.74) is 7.13. The van der Waals surface area contributed by atoms with E-state index in [0.29, 0.717) is 17.3 Å². The molecule has 0 aliphatic carbocycles. The van der Waals surface area contributed by atoms with Gasteiger partial charge in [-0.2, -0.15) is 0 Å². The topological polar surface area (TPSA) is 58.4 Å². The summed E-state index contributed by atoms with van der Waals surface area (Å²) in [6.07, 6.45) is 3.03. The maximum absolute atomic E-state index is 12.7. The molecular formula is C15H23N3O. The second-order valence-corrected chi connectivity index (χ2v) is 5.07. The fourth-order valence-electron chi connectivity index (χ4n) is 2.66. The molecule has 4 nitrogen and oxygen atoms in total. The molecule has 1 aromatic carbocycles. The van der Waals surface area contributed by atoms with Gasteiger partial charge < -0.3 is 16.0 Å². The number of nitrogens with two attached hydrogens (primary N) is 1. The molecule has 0 radical (unpaired) electrons. The number of benzene rings is 1. The first kappa shape index (κ1) is 13.9. The third-order valence-corrected chi connectivity index (χ3v) is 3.67. The number of nitrogens with one attached hydrogen (secondary N) is 1. The third kappa shape index (κ3) is 3.26. The van der Waals surface area contributed by atoms with Crippen LogP contribution in [0.1, 0.15) is 36.5 Å². The molecule has 3 N–H and O–H groups in total. The summed E-state index contributed by atoms with van der Waals surface area (Å²) in [6, 6.07) is 7.69. The SMILES string of the molecule is CCCN(C(=O)c1ccccc1N)C1CCNCC1. The second kappa shape index (κ2) is 6.57. The molecule has 104 valence electrons. The van der Waals surface area contributed by atoms with E-state index in [2.05, 4.69) is 12.2 Å². The number of nitrogens with zero attached hydrogens (tertiary/aromatic N) is 1. The first-order valence-electron chi connectivity index (χ1n) is 7.10. The molecule has 4 heteroatoms. The Bertz CT molecular complexity index is 427. The smallest absolute Gasteiger partial charge is 0.256 e. The fourth-order valence-corrected chi connectivity index (χ4v) is 2.66. The van der Waals surface area contributed by atoms with Crippen molar-refractivity contribution >= 4 is 11.6 Å². The lowest BCUT2D eigenvalue weighted by molar-refractivity contribution is 0.0644. The fraction of sp³-hybridized carbons (Fsp3) is 0.533. The van der Waals surface area contributed by atoms with Crippen molar-refractivity contribution in [3.63, 3.8) is 0 Å². The minimum Gasteiger partial charge on any atom is -0.398 e. The van der Waals surface area contributed by atoms with Crippen molar-refractivity contribution in [2.24, 2.45) is 0 Å². The van der Waals surface area contributed by atoms with Gasteiger partial charge in [0, 0.05) is 18.3 Å². The van der Waals surface area contributed by atoms with E-state index in [4.69, 9.17) is 5.73 Å². The van der Waals surface area contributed by atoms with E-state index in [-0.39, 0.29) is 5.91 Å². The van der Waals surface area contributed by atoms with Gasteiger partial charge in [0.2, 0.25) is 0 Å². The Hall–Kier alpha value is -1.55. The number of carbonyl (C=O) groups is 1. The average molecular weight is 261 g/mol. The first-order chi connectivity index (χ1) is 9.24. The molecule has 0 spiro atoms. The number of anilines is 1. The summed E-state index contributed by atoms with van der Waals surface area (Å²) in [6.45, 7) is 4.89. The highest BCUT2D eigenvalue weighted by Crippen LogP contribution is 2.19. The minimum atomic E-state index is 0.0758. The Morgan fingerprint density at radius 3 is 2.68 bits per heavy atom. The lowest BCUT2D eigenvalue weighted by Gasteiger charge is -2.34. The predicted octanol–water partition coefficient (Wildman–Crippen LogP) is 1.87. The molecule has 1 saturated heterocycles. The highest BCUT2D eigenvalue weighted by molar-refractivity contribution is 5.99. The molecule has 1 aliphatic rings. The summed E-state index contributed by atoms with van der Waals surface area (Å²) >= 11 is 0. The largest absolute Gasteiger partial charge is 0.398 e. The molecule has 0 atom stereocenters. The number of amides is 1. The number of rotatable bonds is 4. The number of hydrogen-bond acceptors (Lipinski definition) is 3. The van der Waals surface area contributed by atoms with Crippen molar-refractivity contribution in [2.75, 3.05) is 25.4 Å². The van der Waals surface area contributed by atoms with Gasteiger partial charge in [0.25, 0.3) is 5.91 Å². The monoisotopic (exact) mass is 261 g/mol. The zero-order valence-electron chi connectivity index (χ0n) is 11.6. The molecule has 1 aromatic rings. The Labute approximate surface area is 115 Å². The summed E-state index contributed by atoms with van der Waals surface area (Å²) in [7, 11) is 0. The normalized spacial score (nSPS) is 16.3. The molecule has 1 amide bonds. The summed E-state index contributed by atoms with van der Waals surface area (Å²) < 4.78 is 0. The number of piperidine rings is 1. The molecule has 0 unspecified atom stereocenters. The van der Waals surface area contributed by atoms with Crippen LogP contribution in [0.4, 0.5) is 5.69 Å². The second-order valence-electron chi connectivity index (χ2n) is 5.07. The Balaban J connectivity index is 2.18. The van der Waals surface area contributed by atoms with Gasteiger partial charge in [0.1, 0.15) is 0 Å². The third-order valence-electron chi connectivity index (χ3n) is 3.67. The zero-order chi connectivity index (χ0) is 13.7. The standard InChI is InChI=1S/C15H23N3O/c1-2-11-18(12-7-9-17-10-8-12)15(19)13-5-3-4-6-14(13)16/h3-6,12,17H,2,7-11,16H2,1H3. The van der Waals surface area contributed by atoms with Crippen molar-refractivity contribution in [2.45, 2.75) is 32.2 Å². The molecular weight excluding hydrogens is 238 g/mol. The molecule has 1 aliphatic heterocycles. The van der Waals surface area contributed by atoms with Gasteiger partial charge in [-0.15, -0.1) is 0 Å². The van der Waals surface area contributed by atoms with Crippen molar-refractivity contribution in [3.05, 3.63) is 29.8 Å². The predicted molar refractivity (Wildman–Crippen MR) is 78.1 cm³/mol. The molecule has 19 heavy (non-hydrogen) atoms. The van der Waals surface area contributed by atoms with Crippen molar-refractivity contribution in [1.29, 1.82) is 0 Å².